The van der Waals surface area contributed by atoms with Gasteiger partial charge >= 0.3 is 0 Å². The van der Waals surface area contributed by atoms with Crippen molar-refractivity contribution in [2.24, 2.45) is 0 Å². The number of sulfonamides is 1. The Hall–Kier alpha value is -3.56. The summed E-state index contributed by atoms with van der Waals surface area (Å²) in [5.41, 5.74) is 1.26. The van der Waals surface area contributed by atoms with E-state index in [0.29, 0.717) is 17.2 Å². The summed E-state index contributed by atoms with van der Waals surface area (Å²) in [5.74, 6) is -0.327. The highest BCUT2D eigenvalue weighted by Crippen LogP contribution is 2.27. The summed E-state index contributed by atoms with van der Waals surface area (Å²) >= 11 is 6.05. The van der Waals surface area contributed by atoms with Crippen molar-refractivity contribution in [1.82, 2.24) is 10.2 Å². The van der Waals surface area contributed by atoms with E-state index in [2.05, 4.69) is 5.32 Å². The fourth-order valence-corrected chi connectivity index (χ4v) is 5.53. The average molecular weight is 572 g/mol. The minimum atomic E-state index is -4.17. The highest BCUT2D eigenvalue weighted by Gasteiger charge is 2.32. The molecule has 0 radical (unpaired) electrons. The Morgan fingerprint density at radius 2 is 1.54 bits per heavy atom. The molecular formula is C29H34ClN3O5S. The van der Waals surface area contributed by atoms with E-state index in [1.54, 1.807) is 43.3 Å². The highest BCUT2D eigenvalue weighted by molar-refractivity contribution is 7.92. The van der Waals surface area contributed by atoms with Crippen LogP contribution in [0.5, 0.6) is 5.75 Å². The predicted molar refractivity (Wildman–Crippen MR) is 154 cm³/mol. The number of hydrogen-bond acceptors (Lipinski definition) is 5. The van der Waals surface area contributed by atoms with Gasteiger partial charge in [-0.05, 0) is 81.3 Å². The van der Waals surface area contributed by atoms with Gasteiger partial charge in [-0.3, -0.25) is 13.9 Å². The van der Waals surface area contributed by atoms with Gasteiger partial charge in [-0.15, -0.1) is 0 Å². The fourth-order valence-electron chi connectivity index (χ4n) is 3.99. The molecule has 8 nitrogen and oxygen atoms in total. The zero-order chi connectivity index (χ0) is 28.6. The minimum absolute atomic E-state index is 0.00696. The molecule has 0 aliphatic carbocycles. The number of methoxy groups -OCH3 is 1. The van der Waals surface area contributed by atoms with Gasteiger partial charge in [-0.2, -0.15) is 0 Å². The van der Waals surface area contributed by atoms with Gasteiger partial charge in [0.1, 0.15) is 18.3 Å². The Balaban J connectivity index is 1.97. The van der Waals surface area contributed by atoms with E-state index in [-0.39, 0.29) is 29.1 Å². The molecule has 0 heterocycles. The second kappa shape index (κ2) is 13.5. The maximum Gasteiger partial charge on any atom is 0.264 e. The highest BCUT2D eigenvalue weighted by atomic mass is 35.5. The molecule has 0 saturated heterocycles. The van der Waals surface area contributed by atoms with Crippen molar-refractivity contribution in [3.8, 4) is 5.75 Å². The van der Waals surface area contributed by atoms with E-state index >= 15 is 0 Å². The molecule has 3 aromatic rings. The largest absolute Gasteiger partial charge is 0.497 e. The number of anilines is 1. The number of amides is 2. The topological polar surface area (TPSA) is 96.0 Å². The zero-order valence-corrected chi connectivity index (χ0v) is 24.1. The number of ether oxygens (including phenoxy) is 1. The molecule has 1 unspecified atom stereocenters. The first-order valence-corrected chi connectivity index (χ1v) is 14.4. The van der Waals surface area contributed by atoms with Crippen molar-refractivity contribution in [3.05, 3.63) is 89.4 Å². The normalized spacial score (nSPS) is 12.1. The standard InChI is InChI=1S/C29H34ClN3O5S/c1-21(2)31-29(35)22(3)32(19-18-23-8-6-5-7-9-23)28(34)20-33(25-12-10-24(30)11-13-25)39(36,37)27-16-14-26(38-4)15-17-27/h5-17,21-22H,18-20H2,1-4H3,(H,31,35). The molecule has 1 atom stereocenters. The van der Waals surface area contributed by atoms with Crippen LogP contribution in [0.4, 0.5) is 5.69 Å². The van der Waals surface area contributed by atoms with E-state index < -0.39 is 28.5 Å². The first-order valence-electron chi connectivity index (χ1n) is 12.6. The van der Waals surface area contributed by atoms with E-state index in [0.717, 1.165) is 9.87 Å². The number of carbonyl (C=O) groups is 2. The van der Waals surface area contributed by atoms with Crippen LogP contribution in [0.15, 0.2) is 83.8 Å². The number of carbonyl (C=O) groups excluding carboxylic acids is 2. The first-order chi connectivity index (χ1) is 18.5. The van der Waals surface area contributed by atoms with E-state index in [9.17, 15) is 18.0 Å². The molecule has 1 N–H and O–H groups in total. The Morgan fingerprint density at radius 3 is 2.10 bits per heavy atom. The quantitative estimate of drug-likeness (QED) is 0.345. The summed E-state index contributed by atoms with van der Waals surface area (Å²) in [4.78, 5) is 28.2. The van der Waals surface area contributed by atoms with Crippen LogP contribution in [0.3, 0.4) is 0 Å². The summed E-state index contributed by atoms with van der Waals surface area (Å²) in [6.45, 7) is 5.04. The number of rotatable bonds is 12. The molecule has 0 fully saturated rings. The third-order valence-electron chi connectivity index (χ3n) is 6.12. The van der Waals surface area contributed by atoms with Gasteiger partial charge in [0.15, 0.2) is 0 Å². The second-order valence-corrected chi connectivity index (χ2v) is 11.6. The zero-order valence-electron chi connectivity index (χ0n) is 22.5. The molecule has 0 bridgehead atoms. The van der Waals surface area contributed by atoms with Crippen LogP contribution in [0.1, 0.15) is 26.3 Å². The lowest BCUT2D eigenvalue weighted by atomic mass is 10.1. The van der Waals surface area contributed by atoms with Crippen molar-refractivity contribution in [2.45, 2.75) is 44.2 Å². The maximum atomic E-state index is 13.8. The van der Waals surface area contributed by atoms with Gasteiger partial charge in [0.2, 0.25) is 11.8 Å². The predicted octanol–water partition coefficient (Wildman–Crippen LogP) is 4.53. The van der Waals surface area contributed by atoms with Crippen molar-refractivity contribution < 1.29 is 22.7 Å². The minimum Gasteiger partial charge on any atom is -0.497 e. The lowest BCUT2D eigenvalue weighted by Gasteiger charge is -2.32. The Labute approximate surface area is 235 Å². The Morgan fingerprint density at radius 1 is 0.923 bits per heavy atom. The van der Waals surface area contributed by atoms with Gasteiger partial charge in [-0.1, -0.05) is 41.9 Å². The Kier molecular flexibility index (Phi) is 10.4. The summed E-state index contributed by atoms with van der Waals surface area (Å²) in [6.07, 6.45) is 0.498. The summed E-state index contributed by atoms with van der Waals surface area (Å²) in [6, 6.07) is 20.8. The number of halogens is 1. The van der Waals surface area contributed by atoms with Crippen LogP contribution in [0.2, 0.25) is 5.02 Å². The van der Waals surface area contributed by atoms with Crippen LogP contribution in [0, 0.1) is 0 Å². The van der Waals surface area contributed by atoms with E-state index in [4.69, 9.17) is 16.3 Å². The average Bonchev–Trinajstić information content (AvgIpc) is 2.92. The van der Waals surface area contributed by atoms with Gasteiger partial charge < -0.3 is 15.0 Å². The summed E-state index contributed by atoms with van der Waals surface area (Å²) in [5, 5.41) is 3.27. The molecular weight excluding hydrogens is 538 g/mol. The maximum absolute atomic E-state index is 13.8. The van der Waals surface area contributed by atoms with Crippen molar-refractivity contribution >= 4 is 39.1 Å². The van der Waals surface area contributed by atoms with Crippen molar-refractivity contribution in [3.63, 3.8) is 0 Å². The molecule has 2 amide bonds. The number of hydrogen-bond donors (Lipinski definition) is 1. The summed E-state index contributed by atoms with van der Waals surface area (Å²) < 4.78 is 33.8. The fraction of sp³-hybridized carbons (Fsp3) is 0.310. The van der Waals surface area contributed by atoms with E-state index in [1.165, 1.54) is 24.1 Å². The first kappa shape index (κ1) is 30.0. The second-order valence-electron chi connectivity index (χ2n) is 9.33. The molecule has 208 valence electrons. The molecule has 0 aromatic heterocycles. The molecule has 0 aliphatic heterocycles. The smallest absolute Gasteiger partial charge is 0.264 e. The Bertz CT molecular complexity index is 1350. The van der Waals surface area contributed by atoms with Crippen LogP contribution >= 0.6 is 11.6 Å². The lowest BCUT2D eigenvalue weighted by molar-refractivity contribution is -0.139. The summed E-state index contributed by atoms with van der Waals surface area (Å²) in [7, 11) is -2.68. The molecule has 39 heavy (non-hydrogen) atoms. The van der Waals surface area contributed by atoms with Gasteiger partial charge in [0.05, 0.1) is 17.7 Å². The molecule has 0 saturated carbocycles. The number of nitrogens with zero attached hydrogens (tertiary/aromatic N) is 2. The van der Waals surface area contributed by atoms with Gasteiger partial charge in [-0.25, -0.2) is 8.42 Å². The molecule has 3 aromatic carbocycles. The van der Waals surface area contributed by atoms with Gasteiger partial charge in [0.25, 0.3) is 10.0 Å². The third kappa shape index (κ3) is 7.97. The SMILES string of the molecule is COc1ccc(S(=O)(=O)N(CC(=O)N(CCc2ccccc2)C(C)C(=O)NC(C)C)c2ccc(Cl)cc2)cc1. The molecule has 10 heteroatoms. The van der Waals surface area contributed by atoms with Crippen LogP contribution < -0.4 is 14.4 Å². The van der Waals surface area contributed by atoms with Crippen LogP contribution in [0.25, 0.3) is 0 Å². The third-order valence-corrected chi connectivity index (χ3v) is 8.16. The monoisotopic (exact) mass is 571 g/mol. The molecule has 0 aliphatic rings. The van der Waals surface area contributed by atoms with Gasteiger partial charge in [0, 0.05) is 17.6 Å². The number of nitrogens with one attached hydrogen (secondary N) is 1. The van der Waals surface area contributed by atoms with Crippen LogP contribution in [-0.2, 0) is 26.0 Å². The van der Waals surface area contributed by atoms with Crippen LogP contribution in [-0.4, -0.2) is 57.4 Å². The van der Waals surface area contributed by atoms with Crippen molar-refractivity contribution in [1.29, 1.82) is 0 Å². The van der Waals surface area contributed by atoms with Crippen molar-refractivity contribution in [2.75, 3.05) is 24.5 Å². The number of benzene rings is 3. The molecule has 3 rings (SSSR count). The lowest BCUT2D eigenvalue weighted by Crippen LogP contribution is -2.53. The molecule has 0 spiro atoms. The van der Waals surface area contributed by atoms with E-state index in [1.807, 2.05) is 44.2 Å².